The highest BCUT2D eigenvalue weighted by Crippen LogP contribution is 2.40. The van der Waals surface area contributed by atoms with Crippen molar-refractivity contribution >= 4 is 33.3 Å². The summed E-state index contributed by atoms with van der Waals surface area (Å²) in [4.78, 5) is 26.0. The van der Waals surface area contributed by atoms with E-state index in [0.29, 0.717) is 13.2 Å². The molecule has 0 amide bonds. The van der Waals surface area contributed by atoms with E-state index in [9.17, 15) is 4.79 Å². The van der Waals surface area contributed by atoms with E-state index >= 15 is 0 Å². The average Bonchev–Trinajstić information content (AvgIpc) is 3.15. The van der Waals surface area contributed by atoms with Gasteiger partial charge >= 0.3 is 5.97 Å². The van der Waals surface area contributed by atoms with Crippen LogP contribution in [0, 0.1) is 5.92 Å². The van der Waals surface area contributed by atoms with Crippen molar-refractivity contribution in [2.45, 2.75) is 39.0 Å². The van der Waals surface area contributed by atoms with Gasteiger partial charge in [0.25, 0.3) is 0 Å². The van der Waals surface area contributed by atoms with Crippen molar-refractivity contribution in [1.29, 1.82) is 0 Å². The fraction of sp³-hybridized carbons (Fsp3) is 0.588. The highest BCUT2D eigenvalue weighted by atomic mass is 32.1. The molecule has 23 heavy (non-hydrogen) atoms. The van der Waals surface area contributed by atoms with Crippen molar-refractivity contribution in [2.24, 2.45) is 5.92 Å². The van der Waals surface area contributed by atoms with Gasteiger partial charge in [-0.25, -0.2) is 9.97 Å². The molecular weight excluding hydrogens is 310 g/mol. The first-order valence-electron chi connectivity index (χ1n) is 8.44. The van der Waals surface area contributed by atoms with E-state index in [1.54, 1.807) is 6.33 Å². The molecule has 1 atom stereocenters. The second-order valence-electron chi connectivity index (χ2n) is 6.27. The number of thiophene rings is 1. The number of aromatic nitrogens is 2. The molecule has 2 aromatic heterocycles. The summed E-state index contributed by atoms with van der Waals surface area (Å²) in [6.07, 6.45) is 7.10. The van der Waals surface area contributed by atoms with Crippen LogP contribution in [-0.4, -0.2) is 35.6 Å². The lowest BCUT2D eigenvalue weighted by atomic mass is 9.98. The van der Waals surface area contributed by atoms with Gasteiger partial charge in [0.15, 0.2) is 0 Å². The summed E-state index contributed by atoms with van der Waals surface area (Å²) in [6, 6.07) is 0. The maximum absolute atomic E-state index is 12.1. The summed E-state index contributed by atoms with van der Waals surface area (Å²) < 4.78 is 5.22. The first kappa shape index (κ1) is 14.9. The molecule has 2 aliphatic rings. The molecule has 0 N–H and O–H groups in total. The molecule has 4 rings (SSSR count). The Morgan fingerprint density at radius 3 is 3.17 bits per heavy atom. The molecule has 1 aliphatic carbocycles. The highest BCUT2D eigenvalue weighted by molar-refractivity contribution is 7.19. The minimum Gasteiger partial charge on any atom is -0.466 e. The number of hydrogen-bond donors (Lipinski definition) is 0. The van der Waals surface area contributed by atoms with Crippen LogP contribution in [0.3, 0.4) is 0 Å². The van der Waals surface area contributed by atoms with Crippen LogP contribution < -0.4 is 4.90 Å². The van der Waals surface area contributed by atoms with E-state index in [-0.39, 0.29) is 11.9 Å². The zero-order valence-corrected chi connectivity index (χ0v) is 14.2. The zero-order valence-electron chi connectivity index (χ0n) is 13.4. The van der Waals surface area contributed by atoms with Crippen LogP contribution in [0.25, 0.3) is 10.2 Å². The van der Waals surface area contributed by atoms with E-state index in [1.165, 1.54) is 28.7 Å². The van der Waals surface area contributed by atoms with Gasteiger partial charge in [0.1, 0.15) is 17.0 Å². The van der Waals surface area contributed by atoms with Gasteiger partial charge < -0.3 is 9.64 Å². The second kappa shape index (κ2) is 6.07. The quantitative estimate of drug-likeness (QED) is 0.809. The van der Waals surface area contributed by atoms with Crippen molar-refractivity contribution < 1.29 is 9.53 Å². The number of fused-ring (bicyclic) bond motifs is 3. The minimum atomic E-state index is -0.0713. The maximum Gasteiger partial charge on any atom is 0.310 e. The summed E-state index contributed by atoms with van der Waals surface area (Å²) in [5, 5.41) is 1.23. The molecule has 0 saturated carbocycles. The Morgan fingerprint density at radius 1 is 1.39 bits per heavy atom. The largest absolute Gasteiger partial charge is 0.466 e. The molecule has 6 heteroatoms. The fourth-order valence-electron chi connectivity index (χ4n) is 3.77. The Morgan fingerprint density at radius 2 is 2.30 bits per heavy atom. The topological polar surface area (TPSA) is 55.3 Å². The Hall–Kier alpha value is -1.69. The molecule has 122 valence electrons. The normalized spacial score (nSPS) is 20.7. The van der Waals surface area contributed by atoms with Gasteiger partial charge in [0.2, 0.25) is 0 Å². The van der Waals surface area contributed by atoms with Crippen LogP contribution in [0.15, 0.2) is 6.33 Å². The third-order valence-corrected chi connectivity index (χ3v) is 6.02. The van der Waals surface area contributed by atoms with Gasteiger partial charge in [-0.3, -0.25) is 4.79 Å². The SMILES string of the molecule is CCOC(=O)[C@@H]1CCCN(c2ncnc3sc4c(c23)CCC4)C1. The van der Waals surface area contributed by atoms with Crippen molar-refractivity contribution in [3.8, 4) is 0 Å². The number of nitrogens with zero attached hydrogens (tertiary/aromatic N) is 3. The smallest absolute Gasteiger partial charge is 0.310 e. The van der Waals surface area contributed by atoms with Crippen molar-refractivity contribution in [3.63, 3.8) is 0 Å². The van der Waals surface area contributed by atoms with E-state index in [0.717, 1.165) is 36.5 Å². The number of piperidine rings is 1. The number of anilines is 1. The molecule has 0 unspecified atom stereocenters. The number of rotatable bonds is 3. The molecule has 1 fully saturated rings. The van der Waals surface area contributed by atoms with Crippen LogP contribution in [0.2, 0.25) is 0 Å². The van der Waals surface area contributed by atoms with Gasteiger partial charge in [-0.1, -0.05) is 0 Å². The molecule has 0 spiro atoms. The van der Waals surface area contributed by atoms with Gasteiger partial charge in [0.05, 0.1) is 17.9 Å². The minimum absolute atomic E-state index is 0.0413. The molecule has 5 nitrogen and oxygen atoms in total. The Kier molecular flexibility index (Phi) is 3.93. The lowest BCUT2D eigenvalue weighted by Crippen LogP contribution is -2.40. The van der Waals surface area contributed by atoms with Crippen LogP contribution >= 0.6 is 11.3 Å². The first-order chi connectivity index (χ1) is 11.3. The lowest BCUT2D eigenvalue weighted by molar-refractivity contribution is -0.148. The molecule has 0 radical (unpaired) electrons. The lowest BCUT2D eigenvalue weighted by Gasteiger charge is -2.32. The van der Waals surface area contributed by atoms with Crippen LogP contribution in [0.5, 0.6) is 0 Å². The predicted octanol–water partition coefficient (Wildman–Crippen LogP) is 2.96. The number of ether oxygens (including phenoxy) is 1. The van der Waals surface area contributed by atoms with Crippen LogP contribution in [0.1, 0.15) is 36.6 Å². The van der Waals surface area contributed by atoms with Gasteiger partial charge in [-0.2, -0.15) is 0 Å². The maximum atomic E-state index is 12.1. The number of hydrogen-bond acceptors (Lipinski definition) is 6. The number of aryl methyl sites for hydroxylation is 2. The van der Waals surface area contributed by atoms with Crippen molar-refractivity contribution in [3.05, 3.63) is 16.8 Å². The molecule has 1 aliphatic heterocycles. The second-order valence-corrected chi connectivity index (χ2v) is 7.36. The van der Waals surface area contributed by atoms with Crippen molar-refractivity contribution in [1.82, 2.24) is 9.97 Å². The van der Waals surface area contributed by atoms with Gasteiger partial charge in [0, 0.05) is 18.0 Å². The number of carbonyl (C=O) groups excluding carboxylic acids is 1. The Balaban J connectivity index is 1.67. The molecule has 0 bridgehead atoms. The van der Waals surface area contributed by atoms with Gasteiger partial charge in [-0.05, 0) is 44.6 Å². The molecule has 3 heterocycles. The summed E-state index contributed by atoms with van der Waals surface area (Å²) in [5.41, 5.74) is 1.44. The molecule has 2 aromatic rings. The standard InChI is InChI=1S/C17H21N3O2S/c1-2-22-17(21)11-5-4-8-20(9-11)15-14-12-6-3-7-13(12)23-16(14)19-10-18-15/h10-11H,2-9H2,1H3/t11-/m1/s1. The predicted molar refractivity (Wildman–Crippen MR) is 91.0 cm³/mol. The summed E-state index contributed by atoms with van der Waals surface area (Å²) >= 11 is 1.81. The van der Waals surface area contributed by atoms with E-state index in [4.69, 9.17) is 4.74 Å². The highest BCUT2D eigenvalue weighted by Gasteiger charge is 2.30. The third-order valence-electron chi connectivity index (χ3n) is 4.82. The zero-order chi connectivity index (χ0) is 15.8. The number of esters is 1. The molecule has 1 saturated heterocycles. The van der Waals surface area contributed by atoms with Gasteiger partial charge in [-0.15, -0.1) is 11.3 Å². The van der Waals surface area contributed by atoms with E-state index in [1.807, 2.05) is 18.3 Å². The first-order valence-corrected chi connectivity index (χ1v) is 9.26. The Labute approximate surface area is 139 Å². The third kappa shape index (κ3) is 2.59. The van der Waals surface area contributed by atoms with Crippen LogP contribution in [-0.2, 0) is 22.4 Å². The molecular formula is C17H21N3O2S. The van der Waals surface area contributed by atoms with Crippen molar-refractivity contribution in [2.75, 3.05) is 24.6 Å². The summed E-state index contributed by atoms with van der Waals surface area (Å²) in [6.45, 7) is 3.97. The number of carbonyl (C=O) groups is 1. The average molecular weight is 331 g/mol. The summed E-state index contributed by atoms with van der Waals surface area (Å²) in [7, 11) is 0. The van der Waals surface area contributed by atoms with E-state index in [2.05, 4.69) is 14.9 Å². The molecule has 0 aromatic carbocycles. The summed E-state index contributed by atoms with van der Waals surface area (Å²) in [5.74, 6) is 0.904. The monoisotopic (exact) mass is 331 g/mol. The van der Waals surface area contributed by atoms with Crippen LogP contribution in [0.4, 0.5) is 5.82 Å². The van der Waals surface area contributed by atoms with E-state index < -0.39 is 0 Å². The fourth-order valence-corrected chi connectivity index (χ4v) is 5.00. The Bertz CT molecular complexity index is 743.